The normalized spacial score (nSPS) is 21.4. The predicted molar refractivity (Wildman–Crippen MR) is 80.0 cm³/mol. The second kappa shape index (κ2) is 11.4. The van der Waals surface area contributed by atoms with Crippen molar-refractivity contribution in [2.75, 3.05) is 26.4 Å². The molecule has 0 aliphatic heterocycles. The zero-order valence-corrected chi connectivity index (χ0v) is 13.2. The van der Waals surface area contributed by atoms with Crippen LogP contribution in [0.25, 0.3) is 0 Å². The number of esters is 2. The quantitative estimate of drug-likeness (QED) is 0.468. The first-order chi connectivity index (χ1) is 10.7. The van der Waals surface area contributed by atoms with Gasteiger partial charge >= 0.3 is 11.9 Å². The fraction of sp³-hybridized carbons (Fsp3) is 0.875. The van der Waals surface area contributed by atoms with Crippen LogP contribution in [-0.2, 0) is 19.1 Å². The van der Waals surface area contributed by atoms with E-state index in [0.29, 0.717) is 64.6 Å². The summed E-state index contributed by atoms with van der Waals surface area (Å²) < 4.78 is 10.4. The third kappa shape index (κ3) is 7.22. The molecule has 0 aromatic rings. The van der Waals surface area contributed by atoms with Crippen molar-refractivity contribution in [3.63, 3.8) is 0 Å². The van der Waals surface area contributed by atoms with Crippen molar-refractivity contribution in [2.24, 2.45) is 11.8 Å². The van der Waals surface area contributed by atoms with E-state index in [1.165, 1.54) is 0 Å². The Kier molecular flexibility index (Phi) is 9.82. The van der Waals surface area contributed by atoms with E-state index < -0.39 is 0 Å². The van der Waals surface area contributed by atoms with E-state index in [4.69, 9.17) is 19.7 Å². The second-order valence-electron chi connectivity index (χ2n) is 5.74. The summed E-state index contributed by atoms with van der Waals surface area (Å²) in [6.45, 7) is 0.935. The maximum Gasteiger partial charge on any atom is 0.308 e. The molecule has 1 aliphatic rings. The number of carbonyl (C=O) groups is 2. The Morgan fingerprint density at radius 1 is 0.727 bits per heavy atom. The van der Waals surface area contributed by atoms with Crippen LogP contribution in [0, 0.1) is 11.8 Å². The Morgan fingerprint density at radius 2 is 1.09 bits per heavy atom. The molecular weight excluding hydrogens is 288 g/mol. The third-order valence-electron chi connectivity index (χ3n) is 3.99. The van der Waals surface area contributed by atoms with E-state index in [0.717, 1.165) is 0 Å². The molecule has 0 bridgehead atoms. The molecule has 0 radical (unpaired) electrons. The van der Waals surface area contributed by atoms with Gasteiger partial charge in [0, 0.05) is 13.2 Å². The molecule has 0 unspecified atom stereocenters. The van der Waals surface area contributed by atoms with Gasteiger partial charge in [-0.2, -0.15) is 0 Å². The molecule has 1 rings (SSSR count). The number of carbonyl (C=O) groups excluding carboxylic acids is 2. The zero-order chi connectivity index (χ0) is 16.2. The van der Waals surface area contributed by atoms with Crippen LogP contribution in [-0.4, -0.2) is 48.6 Å². The van der Waals surface area contributed by atoms with Crippen LogP contribution in [0.1, 0.15) is 51.4 Å². The number of rotatable bonds is 10. The highest BCUT2D eigenvalue weighted by Gasteiger charge is 2.31. The molecule has 0 amide bonds. The van der Waals surface area contributed by atoms with Crippen LogP contribution in [0.5, 0.6) is 0 Å². The lowest BCUT2D eigenvalue weighted by Crippen LogP contribution is -2.28. The molecule has 6 nitrogen and oxygen atoms in total. The summed E-state index contributed by atoms with van der Waals surface area (Å²) in [6, 6.07) is 0. The summed E-state index contributed by atoms with van der Waals surface area (Å²) in [7, 11) is 0. The summed E-state index contributed by atoms with van der Waals surface area (Å²) in [5, 5.41) is 17.3. The summed E-state index contributed by atoms with van der Waals surface area (Å²) in [4.78, 5) is 23.7. The zero-order valence-electron chi connectivity index (χ0n) is 13.2. The molecule has 0 saturated heterocycles. The van der Waals surface area contributed by atoms with Gasteiger partial charge in [-0.25, -0.2) is 0 Å². The van der Waals surface area contributed by atoms with Crippen molar-refractivity contribution in [3.8, 4) is 0 Å². The van der Waals surface area contributed by atoms with Crippen molar-refractivity contribution in [1.29, 1.82) is 0 Å². The van der Waals surface area contributed by atoms with Crippen LogP contribution in [0.2, 0.25) is 0 Å². The smallest absolute Gasteiger partial charge is 0.308 e. The van der Waals surface area contributed by atoms with Gasteiger partial charge < -0.3 is 19.7 Å². The average Bonchev–Trinajstić information content (AvgIpc) is 2.55. The fourth-order valence-corrected chi connectivity index (χ4v) is 2.57. The maximum absolute atomic E-state index is 11.9. The highest BCUT2D eigenvalue weighted by Crippen LogP contribution is 2.30. The number of unbranched alkanes of at least 4 members (excludes halogenated alkanes) is 2. The first-order valence-electron chi connectivity index (χ1n) is 8.24. The summed E-state index contributed by atoms with van der Waals surface area (Å²) in [5.74, 6) is -0.611. The number of ether oxygens (including phenoxy) is 2. The Labute approximate surface area is 131 Å². The molecule has 0 heterocycles. The SMILES string of the molecule is O=C(OCCCCO)C1CCC(C(=O)OCCCCO)CC1. The van der Waals surface area contributed by atoms with Gasteiger partial charge in [0.25, 0.3) is 0 Å². The van der Waals surface area contributed by atoms with Crippen LogP contribution < -0.4 is 0 Å². The summed E-state index contributed by atoms with van der Waals surface area (Å²) in [5.41, 5.74) is 0. The summed E-state index contributed by atoms with van der Waals surface area (Å²) >= 11 is 0. The molecule has 0 aromatic carbocycles. The lowest BCUT2D eigenvalue weighted by Gasteiger charge is -2.26. The van der Waals surface area contributed by atoms with Gasteiger partial charge in [-0.1, -0.05) is 0 Å². The van der Waals surface area contributed by atoms with Gasteiger partial charge in [0.1, 0.15) is 0 Å². The third-order valence-corrected chi connectivity index (χ3v) is 3.99. The molecule has 0 aromatic heterocycles. The molecule has 6 heteroatoms. The van der Waals surface area contributed by atoms with Gasteiger partial charge in [-0.05, 0) is 51.4 Å². The van der Waals surface area contributed by atoms with Crippen LogP contribution in [0.15, 0.2) is 0 Å². The number of aliphatic hydroxyl groups excluding tert-OH is 2. The molecule has 128 valence electrons. The first-order valence-corrected chi connectivity index (χ1v) is 8.24. The number of hydrogen-bond acceptors (Lipinski definition) is 6. The first kappa shape index (κ1) is 18.9. The minimum absolute atomic E-state index is 0.114. The monoisotopic (exact) mass is 316 g/mol. The fourth-order valence-electron chi connectivity index (χ4n) is 2.57. The molecule has 1 aliphatic carbocycles. The molecule has 0 spiro atoms. The van der Waals surface area contributed by atoms with Crippen molar-refractivity contribution in [2.45, 2.75) is 51.4 Å². The maximum atomic E-state index is 11.9. The van der Waals surface area contributed by atoms with Crippen molar-refractivity contribution >= 4 is 11.9 Å². The molecule has 1 fully saturated rings. The van der Waals surface area contributed by atoms with E-state index in [1.807, 2.05) is 0 Å². The van der Waals surface area contributed by atoms with Crippen LogP contribution in [0.4, 0.5) is 0 Å². The van der Waals surface area contributed by atoms with Gasteiger partial charge in [0.05, 0.1) is 25.0 Å². The highest BCUT2D eigenvalue weighted by molar-refractivity contribution is 5.75. The predicted octanol–water partition coefficient (Wildman–Crippen LogP) is 1.42. The molecule has 22 heavy (non-hydrogen) atoms. The van der Waals surface area contributed by atoms with Crippen molar-refractivity contribution < 1.29 is 29.3 Å². The van der Waals surface area contributed by atoms with Crippen molar-refractivity contribution in [3.05, 3.63) is 0 Å². The van der Waals surface area contributed by atoms with Crippen LogP contribution in [0.3, 0.4) is 0 Å². The Morgan fingerprint density at radius 3 is 1.41 bits per heavy atom. The Bertz CT molecular complexity index is 291. The Hall–Kier alpha value is -1.14. The number of hydrogen-bond donors (Lipinski definition) is 2. The standard InChI is InChI=1S/C16H28O6/c17-9-1-3-11-21-15(19)13-5-7-14(8-6-13)16(20)22-12-4-2-10-18/h13-14,17-18H,1-12H2. The van der Waals surface area contributed by atoms with E-state index in [2.05, 4.69) is 0 Å². The lowest BCUT2D eigenvalue weighted by atomic mass is 9.82. The lowest BCUT2D eigenvalue weighted by molar-refractivity contribution is -0.155. The minimum atomic E-state index is -0.187. The molecular formula is C16H28O6. The van der Waals surface area contributed by atoms with Gasteiger partial charge in [0.2, 0.25) is 0 Å². The molecule has 0 atom stereocenters. The number of aliphatic hydroxyl groups is 2. The average molecular weight is 316 g/mol. The second-order valence-corrected chi connectivity index (χ2v) is 5.74. The largest absolute Gasteiger partial charge is 0.465 e. The van der Waals surface area contributed by atoms with Gasteiger partial charge in [-0.15, -0.1) is 0 Å². The minimum Gasteiger partial charge on any atom is -0.465 e. The molecule has 1 saturated carbocycles. The van der Waals surface area contributed by atoms with E-state index in [-0.39, 0.29) is 37.0 Å². The van der Waals surface area contributed by atoms with Gasteiger partial charge in [-0.3, -0.25) is 9.59 Å². The van der Waals surface area contributed by atoms with Gasteiger partial charge in [0.15, 0.2) is 0 Å². The topological polar surface area (TPSA) is 93.1 Å². The van der Waals surface area contributed by atoms with Crippen LogP contribution >= 0.6 is 0 Å². The Balaban J connectivity index is 2.16. The van der Waals surface area contributed by atoms with Crippen molar-refractivity contribution in [1.82, 2.24) is 0 Å². The summed E-state index contributed by atoms with van der Waals surface area (Å²) in [6.07, 6.45) is 5.29. The highest BCUT2D eigenvalue weighted by atomic mass is 16.5. The molecule has 2 N–H and O–H groups in total. The van der Waals surface area contributed by atoms with E-state index in [1.54, 1.807) is 0 Å². The van der Waals surface area contributed by atoms with E-state index in [9.17, 15) is 9.59 Å². The van der Waals surface area contributed by atoms with E-state index >= 15 is 0 Å².